The van der Waals surface area contributed by atoms with Crippen LogP contribution in [0.5, 0.6) is 0 Å². The number of rotatable bonds is 42. The number of likely N-dealkylation sites (tertiary alicyclic amines) is 1. The van der Waals surface area contributed by atoms with E-state index in [0.717, 1.165) is 18.9 Å². The minimum Gasteiger partial charge on any atom is -0.465 e. The van der Waals surface area contributed by atoms with Crippen molar-refractivity contribution in [1.82, 2.24) is 9.80 Å². The molecule has 1 aliphatic rings. The van der Waals surface area contributed by atoms with Gasteiger partial charge in [-0.05, 0) is 95.8 Å². The Hall–Kier alpha value is -1.14. The topological polar surface area (TPSA) is 59.1 Å². The van der Waals surface area contributed by atoms with Crippen molar-refractivity contribution in [3.8, 4) is 0 Å². The van der Waals surface area contributed by atoms with Gasteiger partial charge >= 0.3 is 11.9 Å². The fourth-order valence-electron chi connectivity index (χ4n) is 8.83. The molecule has 0 N–H and O–H groups in total. The molecule has 1 saturated heterocycles. The molecule has 1 rings (SSSR count). The van der Waals surface area contributed by atoms with E-state index in [2.05, 4.69) is 44.5 Å². The molecule has 0 aromatic carbocycles. The van der Waals surface area contributed by atoms with Crippen LogP contribution < -0.4 is 0 Å². The summed E-state index contributed by atoms with van der Waals surface area (Å²) >= 11 is 0. The quantitative estimate of drug-likeness (QED) is 0.0452. The molecule has 0 unspecified atom stereocenters. The molecule has 0 aromatic heterocycles. The van der Waals surface area contributed by atoms with Crippen molar-refractivity contribution in [2.24, 2.45) is 17.8 Å². The van der Waals surface area contributed by atoms with Gasteiger partial charge in [-0.15, -0.1) is 0 Å². The fourth-order valence-corrected chi connectivity index (χ4v) is 8.83. The van der Waals surface area contributed by atoms with E-state index in [-0.39, 0.29) is 11.9 Å². The molecule has 0 bridgehead atoms. The van der Waals surface area contributed by atoms with Crippen LogP contribution in [0.1, 0.15) is 246 Å². The number of ether oxygens (including phenoxy) is 2. The number of unbranched alkanes of at least 4 members (excludes halogenated alkanes) is 20. The normalized spacial score (nSPS) is 14.0. The van der Waals surface area contributed by atoms with Crippen LogP contribution in [0, 0.1) is 17.8 Å². The lowest BCUT2D eigenvalue weighted by Gasteiger charge is -2.29. The average Bonchev–Trinajstić information content (AvgIpc) is 3.21. The number of hydrogen-bond acceptors (Lipinski definition) is 6. The molecule has 1 heterocycles. The zero-order valence-electron chi connectivity index (χ0n) is 39.3. The van der Waals surface area contributed by atoms with E-state index in [1.165, 1.54) is 212 Å². The van der Waals surface area contributed by atoms with E-state index in [1.807, 2.05) is 0 Å². The van der Waals surface area contributed by atoms with E-state index < -0.39 is 0 Å². The highest BCUT2D eigenvalue weighted by atomic mass is 16.5. The Balaban J connectivity index is 2.67. The number of piperidine rings is 1. The molecule has 0 aliphatic carbocycles. The van der Waals surface area contributed by atoms with E-state index in [0.29, 0.717) is 51.0 Å². The first-order valence-corrected chi connectivity index (χ1v) is 25.6. The van der Waals surface area contributed by atoms with Crippen LogP contribution in [0.15, 0.2) is 0 Å². The number of hydrogen-bond donors (Lipinski definition) is 0. The fraction of sp³-hybridized carbons (Fsp3) is 0.961. The highest BCUT2D eigenvalue weighted by Crippen LogP contribution is 2.23. The monoisotopic (exact) mass is 805 g/mol. The van der Waals surface area contributed by atoms with Gasteiger partial charge in [-0.1, -0.05) is 182 Å². The summed E-state index contributed by atoms with van der Waals surface area (Å²) in [6.07, 6.45) is 41.9. The van der Waals surface area contributed by atoms with Gasteiger partial charge in [0.15, 0.2) is 0 Å². The van der Waals surface area contributed by atoms with Crippen molar-refractivity contribution >= 4 is 11.9 Å². The summed E-state index contributed by atoms with van der Waals surface area (Å²) in [5.41, 5.74) is 0. The lowest BCUT2D eigenvalue weighted by atomic mass is 9.92. The number of carbonyl (C=O) groups excluding carboxylic acids is 2. The minimum absolute atomic E-state index is 0.0685. The Kier molecular flexibility index (Phi) is 38.1. The van der Waals surface area contributed by atoms with E-state index in [9.17, 15) is 9.59 Å². The maximum Gasteiger partial charge on any atom is 0.307 e. The van der Waals surface area contributed by atoms with Crippen molar-refractivity contribution in [3.05, 3.63) is 0 Å². The summed E-state index contributed by atoms with van der Waals surface area (Å²) in [6, 6.07) is 0. The second-order valence-electron chi connectivity index (χ2n) is 18.6. The van der Waals surface area contributed by atoms with Gasteiger partial charge < -0.3 is 19.3 Å². The lowest BCUT2D eigenvalue weighted by Crippen LogP contribution is -2.32. The molecule has 57 heavy (non-hydrogen) atoms. The maximum absolute atomic E-state index is 13.2. The molecule has 0 amide bonds. The molecule has 0 saturated carbocycles. The van der Waals surface area contributed by atoms with Gasteiger partial charge in [0.25, 0.3) is 0 Å². The van der Waals surface area contributed by atoms with Gasteiger partial charge in [0.2, 0.25) is 0 Å². The molecule has 1 aliphatic heterocycles. The molecular formula is C51H100N2O4. The minimum atomic E-state index is -0.0685. The summed E-state index contributed by atoms with van der Waals surface area (Å²) in [4.78, 5) is 31.2. The highest BCUT2D eigenvalue weighted by molar-refractivity contribution is 5.70. The Bertz CT molecular complexity index is 787. The van der Waals surface area contributed by atoms with Gasteiger partial charge in [0.05, 0.1) is 26.1 Å². The van der Waals surface area contributed by atoms with Crippen LogP contribution >= 0.6 is 0 Å². The Morgan fingerprint density at radius 2 is 0.825 bits per heavy atom. The Morgan fingerprint density at radius 3 is 1.18 bits per heavy atom. The summed E-state index contributed by atoms with van der Waals surface area (Å²) < 4.78 is 12.0. The second kappa shape index (κ2) is 40.3. The first-order valence-electron chi connectivity index (χ1n) is 25.6. The van der Waals surface area contributed by atoms with Crippen molar-refractivity contribution < 1.29 is 19.1 Å². The van der Waals surface area contributed by atoms with Crippen LogP contribution in [0.25, 0.3) is 0 Å². The molecule has 0 atom stereocenters. The van der Waals surface area contributed by atoms with Crippen LogP contribution in [0.3, 0.4) is 0 Å². The SMILES string of the molecule is CCCCCCCCC(CCCCCCCC)COC(=O)CCN(CCCC1CCN(C)CC1)CCC(=O)OCC(CCCCCCCC)CCCCCCCC. The smallest absolute Gasteiger partial charge is 0.307 e. The van der Waals surface area contributed by atoms with E-state index in [1.54, 1.807) is 0 Å². The van der Waals surface area contributed by atoms with Gasteiger partial charge in [-0.3, -0.25) is 9.59 Å². The first-order chi connectivity index (χ1) is 27.9. The van der Waals surface area contributed by atoms with Gasteiger partial charge in [-0.2, -0.15) is 0 Å². The van der Waals surface area contributed by atoms with E-state index >= 15 is 0 Å². The molecular weight excluding hydrogens is 705 g/mol. The van der Waals surface area contributed by atoms with Gasteiger partial charge in [0.1, 0.15) is 0 Å². The molecule has 0 spiro atoms. The first kappa shape index (κ1) is 53.9. The number of esters is 2. The van der Waals surface area contributed by atoms with E-state index in [4.69, 9.17) is 9.47 Å². The third-order valence-corrected chi connectivity index (χ3v) is 13.0. The molecule has 0 radical (unpaired) electrons. The zero-order valence-corrected chi connectivity index (χ0v) is 39.3. The summed E-state index contributed by atoms with van der Waals surface area (Å²) in [6.45, 7) is 14.9. The van der Waals surface area contributed by atoms with Gasteiger partial charge in [0, 0.05) is 13.1 Å². The van der Waals surface area contributed by atoms with Gasteiger partial charge in [-0.25, -0.2) is 0 Å². The molecule has 0 aromatic rings. The van der Waals surface area contributed by atoms with Crippen LogP contribution in [0.4, 0.5) is 0 Å². The Morgan fingerprint density at radius 1 is 0.491 bits per heavy atom. The number of carbonyl (C=O) groups is 2. The number of nitrogens with zero attached hydrogens (tertiary/aromatic N) is 2. The summed E-state index contributed by atoms with van der Waals surface area (Å²) in [7, 11) is 2.23. The third-order valence-electron chi connectivity index (χ3n) is 13.0. The Labute approximate surface area is 356 Å². The zero-order chi connectivity index (χ0) is 41.4. The van der Waals surface area contributed by atoms with Crippen molar-refractivity contribution in [2.75, 3.05) is 53.0 Å². The van der Waals surface area contributed by atoms with Crippen LogP contribution in [-0.2, 0) is 19.1 Å². The van der Waals surface area contributed by atoms with Crippen LogP contribution in [-0.4, -0.2) is 74.7 Å². The second-order valence-corrected chi connectivity index (χ2v) is 18.6. The predicted molar refractivity (Wildman–Crippen MR) is 246 cm³/mol. The largest absolute Gasteiger partial charge is 0.465 e. The molecule has 6 heteroatoms. The third kappa shape index (κ3) is 34.3. The van der Waals surface area contributed by atoms with Crippen molar-refractivity contribution in [1.29, 1.82) is 0 Å². The average molecular weight is 805 g/mol. The van der Waals surface area contributed by atoms with Crippen LogP contribution in [0.2, 0.25) is 0 Å². The summed E-state index contributed by atoms with van der Waals surface area (Å²) in [5.74, 6) is 1.63. The van der Waals surface area contributed by atoms with Crippen molar-refractivity contribution in [3.63, 3.8) is 0 Å². The standard InChI is InChI=1S/C51H100N2O4/c1-6-10-14-18-22-26-31-48(32-27-23-19-15-11-7-2)45-56-50(54)38-43-53(40-30-35-47-36-41-52(5)42-37-47)44-39-51(55)57-46-49(33-28-24-20-16-12-8-3)34-29-25-21-17-13-9-4/h47-49H,6-46H2,1-5H3. The lowest BCUT2D eigenvalue weighted by molar-refractivity contribution is -0.145. The molecule has 338 valence electrons. The molecule has 6 nitrogen and oxygen atoms in total. The highest BCUT2D eigenvalue weighted by Gasteiger charge is 2.19. The predicted octanol–water partition coefficient (Wildman–Crippen LogP) is 14.5. The molecule has 1 fully saturated rings. The van der Waals surface area contributed by atoms with Crippen molar-refractivity contribution in [2.45, 2.75) is 246 Å². The maximum atomic E-state index is 13.2. The summed E-state index contributed by atoms with van der Waals surface area (Å²) in [5, 5.41) is 0.